The molecular formula is C25H24N2O. The number of aliphatic hydroxyl groups is 1. The molecule has 1 aromatic heterocycles. The number of aliphatic hydroxyl groups excluding tert-OH is 1. The van der Waals surface area contributed by atoms with E-state index in [0.29, 0.717) is 5.69 Å². The van der Waals surface area contributed by atoms with Crippen LogP contribution >= 0.6 is 0 Å². The van der Waals surface area contributed by atoms with Crippen LogP contribution in [0, 0.1) is 6.92 Å². The minimum absolute atomic E-state index is 0.589. The second kappa shape index (κ2) is 7.45. The molecule has 0 spiro atoms. The third kappa shape index (κ3) is 2.94. The van der Waals surface area contributed by atoms with Gasteiger partial charge in [-0.05, 0) is 30.5 Å². The number of imidazole rings is 1. The van der Waals surface area contributed by atoms with Crippen molar-refractivity contribution >= 4 is 0 Å². The molecule has 28 heavy (non-hydrogen) atoms. The molecule has 3 nitrogen and oxygen atoms in total. The molecule has 0 amide bonds. The average molecular weight is 368 g/mol. The number of hydrogen-bond acceptors (Lipinski definition) is 2. The lowest BCUT2D eigenvalue weighted by Gasteiger charge is -2.38. The van der Waals surface area contributed by atoms with Gasteiger partial charge in [-0.2, -0.15) is 0 Å². The number of aromatic nitrogens is 2. The minimum atomic E-state index is -0.625. The Balaban J connectivity index is 2.14. The summed E-state index contributed by atoms with van der Waals surface area (Å²) in [5.41, 5.74) is 3.51. The molecule has 1 N–H and O–H groups in total. The number of rotatable bonds is 5. The van der Waals surface area contributed by atoms with E-state index >= 15 is 0 Å². The molecule has 3 heteroatoms. The van der Waals surface area contributed by atoms with Crippen molar-refractivity contribution in [1.82, 2.24) is 9.55 Å². The molecule has 0 bridgehead atoms. The van der Waals surface area contributed by atoms with E-state index in [1.807, 2.05) is 31.3 Å². The van der Waals surface area contributed by atoms with E-state index in [1.165, 1.54) is 0 Å². The van der Waals surface area contributed by atoms with Crippen molar-refractivity contribution < 1.29 is 5.11 Å². The summed E-state index contributed by atoms with van der Waals surface area (Å²) in [6.45, 7) is 3.75. The average Bonchev–Trinajstić information content (AvgIpc) is 3.14. The number of aryl methyl sites for hydroxylation is 1. The first kappa shape index (κ1) is 18.2. The standard InChI is InChI=1S/C25H24N2O/c1-19(28)24-18-27(20(2)26-24)25(21-12-6-3-7-13-21,22-14-8-4-9-15-22)23-16-10-5-11-17-23/h3-19,28H,1-2H3. The second-order valence-electron chi connectivity index (χ2n) is 7.07. The lowest BCUT2D eigenvalue weighted by atomic mass is 9.76. The van der Waals surface area contributed by atoms with E-state index in [0.717, 1.165) is 22.5 Å². The van der Waals surface area contributed by atoms with Crippen molar-refractivity contribution in [1.29, 1.82) is 0 Å². The summed E-state index contributed by atoms with van der Waals surface area (Å²) in [5, 5.41) is 10.2. The molecular weight excluding hydrogens is 344 g/mol. The van der Waals surface area contributed by atoms with Crippen molar-refractivity contribution in [2.45, 2.75) is 25.5 Å². The Morgan fingerprint density at radius 1 is 0.750 bits per heavy atom. The molecule has 0 fully saturated rings. The van der Waals surface area contributed by atoms with Crippen LogP contribution in [0.4, 0.5) is 0 Å². The molecule has 3 aromatic carbocycles. The van der Waals surface area contributed by atoms with E-state index in [9.17, 15) is 5.11 Å². The van der Waals surface area contributed by atoms with Crippen LogP contribution in [0.25, 0.3) is 0 Å². The summed E-state index contributed by atoms with van der Waals surface area (Å²) >= 11 is 0. The molecule has 0 radical (unpaired) electrons. The Labute approximate surface area is 165 Å². The smallest absolute Gasteiger partial charge is 0.121 e. The Morgan fingerprint density at radius 3 is 1.46 bits per heavy atom. The minimum Gasteiger partial charge on any atom is -0.387 e. The monoisotopic (exact) mass is 368 g/mol. The largest absolute Gasteiger partial charge is 0.387 e. The summed E-state index contributed by atoms with van der Waals surface area (Å²) < 4.78 is 2.19. The maximum absolute atomic E-state index is 10.2. The fourth-order valence-electron chi connectivity index (χ4n) is 3.99. The molecule has 1 heterocycles. The Morgan fingerprint density at radius 2 is 1.14 bits per heavy atom. The number of nitrogens with zero attached hydrogens (tertiary/aromatic N) is 2. The summed E-state index contributed by atoms with van der Waals surface area (Å²) in [4.78, 5) is 4.67. The highest BCUT2D eigenvalue weighted by Crippen LogP contribution is 2.41. The van der Waals surface area contributed by atoms with Gasteiger partial charge in [0.25, 0.3) is 0 Å². The zero-order valence-corrected chi connectivity index (χ0v) is 16.2. The predicted molar refractivity (Wildman–Crippen MR) is 112 cm³/mol. The molecule has 0 aliphatic carbocycles. The molecule has 1 unspecified atom stereocenters. The second-order valence-corrected chi connectivity index (χ2v) is 7.07. The zero-order chi connectivity index (χ0) is 19.6. The van der Waals surface area contributed by atoms with Gasteiger partial charge in [0.1, 0.15) is 11.4 Å². The van der Waals surface area contributed by atoms with Gasteiger partial charge in [-0.1, -0.05) is 91.0 Å². The zero-order valence-electron chi connectivity index (χ0n) is 16.2. The van der Waals surface area contributed by atoms with Gasteiger partial charge in [0.2, 0.25) is 0 Å². The maximum atomic E-state index is 10.2. The molecule has 140 valence electrons. The van der Waals surface area contributed by atoms with Gasteiger partial charge in [-0.15, -0.1) is 0 Å². The summed E-state index contributed by atoms with van der Waals surface area (Å²) in [6, 6.07) is 31.4. The van der Waals surface area contributed by atoms with Crippen LogP contribution in [0.2, 0.25) is 0 Å². The van der Waals surface area contributed by atoms with Crippen LogP contribution in [-0.4, -0.2) is 14.7 Å². The Kier molecular flexibility index (Phi) is 4.84. The topological polar surface area (TPSA) is 38.1 Å². The summed E-state index contributed by atoms with van der Waals surface area (Å²) in [5.74, 6) is 0.854. The van der Waals surface area contributed by atoms with Crippen LogP contribution in [0.5, 0.6) is 0 Å². The lowest BCUT2D eigenvalue weighted by Crippen LogP contribution is -2.38. The van der Waals surface area contributed by atoms with Crippen LogP contribution in [-0.2, 0) is 5.54 Å². The highest BCUT2D eigenvalue weighted by molar-refractivity contribution is 5.51. The van der Waals surface area contributed by atoms with E-state index in [1.54, 1.807) is 6.92 Å². The van der Waals surface area contributed by atoms with Gasteiger partial charge < -0.3 is 9.67 Å². The molecule has 0 aliphatic heterocycles. The van der Waals surface area contributed by atoms with Crippen LogP contribution in [0.3, 0.4) is 0 Å². The SMILES string of the molecule is Cc1nc(C(C)O)cn1C(c1ccccc1)(c1ccccc1)c1ccccc1. The summed E-state index contributed by atoms with van der Waals surface area (Å²) in [6.07, 6.45) is 1.35. The van der Waals surface area contributed by atoms with Gasteiger partial charge in [-0.3, -0.25) is 0 Å². The molecule has 1 atom stereocenters. The summed E-state index contributed by atoms with van der Waals surface area (Å²) in [7, 11) is 0. The van der Waals surface area contributed by atoms with Crippen LogP contribution in [0.1, 0.15) is 41.2 Å². The third-order valence-corrected chi connectivity index (χ3v) is 5.26. The normalized spacial score (nSPS) is 12.7. The fourth-order valence-corrected chi connectivity index (χ4v) is 3.99. The van der Waals surface area contributed by atoms with Gasteiger partial charge in [-0.25, -0.2) is 4.98 Å². The highest BCUT2D eigenvalue weighted by Gasteiger charge is 2.39. The Hall–Kier alpha value is -3.17. The first-order chi connectivity index (χ1) is 13.6. The predicted octanol–water partition coefficient (Wildman–Crippen LogP) is 5.09. The fraction of sp³-hybridized carbons (Fsp3) is 0.160. The number of hydrogen-bond donors (Lipinski definition) is 1. The van der Waals surface area contributed by atoms with Crippen molar-refractivity contribution in [3.05, 3.63) is 125 Å². The first-order valence-corrected chi connectivity index (χ1v) is 9.55. The number of benzene rings is 3. The van der Waals surface area contributed by atoms with E-state index in [4.69, 9.17) is 0 Å². The van der Waals surface area contributed by atoms with E-state index < -0.39 is 11.6 Å². The van der Waals surface area contributed by atoms with Crippen molar-refractivity contribution in [3.63, 3.8) is 0 Å². The van der Waals surface area contributed by atoms with Crippen LogP contribution < -0.4 is 0 Å². The molecule has 0 aliphatic rings. The first-order valence-electron chi connectivity index (χ1n) is 9.55. The quantitative estimate of drug-likeness (QED) is 0.499. The molecule has 0 saturated carbocycles. The van der Waals surface area contributed by atoms with Crippen molar-refractivity contribution in [2.24, 2.45) is 0 Å². The molecule has 4 aromatic rings. The van der Waals surface area contributed by atoms with E-state index in [-0.39, 0.29) is 0 Å². The molecule has 0 saturated heterocycles. The van der Waals surface area contributed by atoms with Crippen LogP contribution in [0.15, 0.2) is 97.2 Å². The van der Waals surface area contributed by atoms with Gasteiger partial charge in [0.15, 0.2) is 0 Å². The molecule has 4 rings (SSSR count). The van der Waals surface area contributed by atoms with E-state index in [2.05, 4.69) is 82.3 Å². The third-order valence-electron chi connectivity index (χ3n) is 5.26. The van der Waals surface area contributed by atoms with Crippen molar-refractivity contribution in [3.8, 4) is 0 Å². The lowest BCUT2D eigenvalue weighted by molar-refractivity contribution is 0.194. The van der Waals surface area contributed by atoms with Gasteiger partial charge in [0, 0.05) is 6.20 Å². The maximum Gasteiger partial charge on any atom is 0.121 e. The highest BCUT2D eigenvalue weighted by atomic mass is 16.3. The van der Waals surface area contributed by atoms with Gasteiger partial charge >= 0.3 is 0 Å². The Bertz CT molecular complexity index is 941. The van der Waals surface area contributed by atoms with Gasteiger partial charge in [0.05, 0.1) is 11.8 Å². The van der Waals surface area contributed by atoms with Crippen molar-refractivity contribution in [2.75, 3.05) is 0 Å².